The van der Waals surface area contributed by atoms with Crippen molar-refractivity contribution in [3.05, 3.63) is 29.5 Å². The van der Waals surface area contributed by atoms with Gasteiger partial charge < -0.3 is 10.6 Å². The molecular formula is C13H14N6O. The number of fused-ring (bicyclic) bond motifs is 1. The molecule has 1 aromatic heterocycles. The van der Waals surface area contributed by atoms with Gasteiger partial charge in [-0.15, -0.1) is 10.2 Å². The van der Waals surface area contributed by atoms with Gasteiger partial charge in [0.25, 0.3) is 5.91 Å². The summed E-state index contributed by atoms with van der Waals surface area (Å²) in [6.45, 7) is 7.67. The van der Waals surface area contributed by atoms with Crippen LogP contribution in [0.15, 0.2) is 18.3 Å². The Labute approximate surface area is 115 Å². The van der Waals surface area contributed by atoms with Crippen LogP contribution in [0.1, 0.15) is 11.1 Å². The zero-order chi connectivity index (χ0) is 14.4. The van der Waals surface area contributed by atoms with E-state index in [-0.39, 0.29) is 5.91 Å². The van der Waals surface area contributed by atoms with Crippen LogP contribution in [0.3, 0.4) is 0 Å². The number of anilines is 2. The Morgan fingerprint density at radius 2 is 2.05 bits per heavy atom. The number of nitrogens with zero attached hydrogens (tertiary/aromatic N) is 4. The first-order chi connectivity index (χ1) is 9.47. The molecule has 7 heteroatoms. The number of aryl methyl sites for hydroxylation is 2. The molecule has 7 nitrogen and oxygen atoms in total. The summed E-state index contributed by atoms with van der Waals surface area (Å²) in [6, 6.07) is 1.92. The fraction of sp³-hybridized carbons (Fsp3) is 0.231. The minimum Gasteiger partial charge on any atom is -0.349 e. The topological polar surface area (TPSA) is 84.7 Å². The van der Waals surface area contributed by atoms with Gasteiger partial charge in [-0.2, -0.15) is 4.80 Å². The first kappa shape index (κ1) is 12.3. The number of nitrogens with one attached hydrogen (secondary N) is 2. The average molecular weight is 270 g/mol. The fourth-order valence-corrected chi connectivity index (χ4v) is 2.21. The van der Waals surface area contributed by atoms with Crippen LogP contribution in [-0.2, 0) is 11.8 Å². The zero-order valence-corrected chi connectivity index (χ0v) is 11.5. The summed E-state index contributed by atoms with van der Waals surface area (Å²) in [6.07, 6.45) is 0. The van der Waals surface area contributed by atoms with Gasteiger partial charge in [0.2, 0.25) is 5.82 Å². The number of carbonyl (C=O) groups excluding carboxylic acids is 1. The Bertz CT molecular complexity index is 746. The summed E-state index contributed by atoms with van der Waals surface area (Å²) in [5.74, 6) is 0.278. The van der Waals surface area contributed by atoms with Crippen molar-refractivity contribution in [3.63, 3.8) is 0 Å². The van der Waals surface area contributed by atoms with Gasteiger partial charge >= 0.3 is 0 Å². The molecule has 2 aromatic rings. The van der Waals surface area contributed by atoms with Crippen LogP contribution in [0.5, 0.6) is 0 Å². The van der Waals surface area contributed by atoms with Gasteiger partial charge in [0, 0.05) is 0 Å². The largest absolute Gasteiger partial charge is 0.349 e. The van der Waals surface area contributed by atoms with E-state index in [0.717, 1.165) is 22.4 Å². The van der Waals surface area contributed by atoms with E-state index in [4.69, 9.17) is 0 Å². The monoisotopic (exact) mass is 270 g/mol. The van der Waals surface area contributed by atoms with Gasteiger partial charge in [-0.1, -0.05) is 6.58 Å². The number of rotatable bonds is 1. The lowest BCUT2D eigenvalue weighted by molar-refractivity contribution is -0.112. The number of amides is 1. The first-order valence-electron chi connectivity index (χ1n) is 6.13. The second-order valence-electron chi connectivity index (χ2n) is 4.78. The lowest BCUT2D eigenvalue weighted by Crippen LogP contribution is -2.25. The van der Waals surface area contributed by atoms with Crippen molar-refractivity contribution in [2.24, 2.45) is 7.05 Å². The molecule has 1 aromatic carbocycles. The molecule has 3 rings (SSSR count). The Kier molecular flexibility index (Phi) is 2.56. The van der Waals surface area contributed by atoms with Crippen molar-refractivity contribution in [1.29, 1.82) is 0 Å². The van der Waals surface area contributed by atoms with Crippen molar-refractivity contribution >= 4 is 17.3 Å². The molecule has 0 atom stereocenters. The zero-order valence-electron chi connectivity index (χ0n) is 11.5. The van der Waals surface area contributed by atoms with Crippen molar-refractivity contribution in [2.45, 2.75) is 13.8 Å². The molecular weight excluding hydrogens is 256 g/mol. The van der Waals surface area contributed by atoms with E-state index in [1.165, 1.54) is 4.80 Å². The molecule has 0 bridgehead atoms. The van der Waals surface area contributed by atoms with Crippen LogP contribution in [0.4, 0.5) is 11.4 Å². The highest BCUT2D eigenvalue weighted by Gasteiger charge is 2.25. The third-order valence-corrected chi connectivity index (χ3v) is 3.38. The fourth-order valence-electron chi connectivity index (χ4n) is 2.21. The molecule has 0 saturated heterocycles. The maximum atomic E-state index is 11.7. The smallest absolute Gasteiger partial charge is 0.271 e. The van der Waals surface area contributed by atoms with Gasteiger partial charge in [0.1, 0.15) is 0 Å². The number of aromatic nitrogens is 4. The summed E-state index contributed by atoms with van der Waals surface area (Å²) >= 11 is 0. The first-order valence-corrected chi connectivity index (χ1v) is 6.13. The van der Waals surface area contributed by atoms with E-state index in [1.54, 1.807) is 7.05 Å². The quantitative estimate of drug-likeness (QED) is 0.764. The van der Waals surface area contributed by atoms with Crippen LogP contribution in [-0.4, -0.2) is 26.1 Å². The van der Waals surface area contributed by atoms with E-state index in [1.807, 2.05) is 19.9 Å². The molecule has 20 heavy (non-hydrogen) atoms. The summed E-state index contributed by atoms with van der Waals surface area (Å²) in [5.41, 5.74) is 4.66. The second kappa shape index (κ2) is 4.16. The standard InChI is InChI=1S/C13H14N6O/c1-6-5-9-11(14-8(3)13(20)15-9)10(7(6)2)12-16-18-19(4)17-12/h5,14H,3H2,1-2,4H3,(H,15,20). The Hall–Kier alpha value is -2.70. The Morgan fingerprint density at radius 3 is 2.70 bits per heavy atom. The molecule has 2 N–H and O–H groups in total. The van der Waals surface area contributed by atoms with Crippen LogP contribution in [0.25, 0.3) is 11.4 Å². The van der Waals surface area contributed by atoms with Gasteiger partial charge in [-0.25, -0.2) is 0 Å². The number of tetrazole rings is 1. The minimum absolute atomic E-state index is 0.237. The van der Waals surface area contributed by atoms with Gasteiger partial charge in [-0.05, 0) is 36.3 Å². The Balaban J connectivity index is 2.28. The van der Waals surface area contributed by atoms with Crippen LogP contribution in [0.2, 0.25) is 0 Å². The molecule has 1 amide bonds. The third-order valence-electron chi connectivity index (χ3n) is 3.38. The maximum absolute atomic E-state index is 11.7. The Morgan fingerprint density at radius 1 is 1.30 bits per heavy atom. The molecule has 0 saturated carbocycles. The van der Waals surface area contributed by atoms with E-state index in [0.29, 0.717) is 17.2 Å². The van der Waals surface area contributed by atoms with Crippen molar-refractivity contribution in [3.8, 4) is 11.4 Å². The van der Waals surface area contributed by atoms with E-state index in [2.05, 4.69) is 32.6 Å². The lowest BCUT2D eigenvalue weighted by atomic mass is 9.97. The molecule has 0 unspecified atom stereocenters. The number of benzene rings is 1. The molecule has 1 aliphatic rings. The maximum Gasteiger partial charge on any atom is 0.271 e. The van der Waals surface area contributed by atoms with Crippen LogP contribution >= 0.6 is 0 Å². The summed E-state index contributed by atoms with van der Waals surface area (Å²) in [4.78, 5) is 13.1. The summed E-state index contributed by atoms with van der Waals surface area (Å²) < 4.78 is 0. The normalized spacial score (nSPS) is 13.8. The molecule has 0 fully saturated rings. The number of carbonyl (C=O) groups is 1. The summed E-state index contributed by atoms with van der Waals surface area (Å²) in [7, 11) is 1.71. The number of hydrogen-bond acceptors (Lipinski definition) is 5. The molecule has 0 aliphatic carbocycles. The molecule has 0 radical (unpaired) electrons. The van der Waals surface area contributed by atoms with E-state index in [9.17, 15) is 4.79 Å². The second-order valence-corrected chi connectivity index (χ2v) is 4.78. The van der Waals surface area contributed by atoms with Crippen molar-refractivity contribution in [2.75, 3.05) is 10.6 Å². The SMILES string of the molecule is C=C1Nc2c(cc(C)c(C)c2-c2nnn(C)n2)NC1=O. The molecule has 2 heterocycles. The van der Waals surface area contributed by atoms with Gasteiger partial charge in [0.05, 0.1) is 29.7 Å². The summed E-state index contributed by atoms with van der Waals surface area (Å²) in [5, 5.41) is 18.0. The molecule has 0 spiro atoms. The predicted molar refractivity (Wildman–Crippen MR) is 75.1 cm³/mol. The van der Waals surface area contributed by atoms with E-state index >= 15 is 0 Å². The minimum atomic E-state index is -0.237. The lowest BCUT2D eigenvalue weighted by Gasteiger charge is -2.24. The highest BCUT2D eigenvalue weighted by atomic mass is 16.2. The highest BCUT2D eigenvalue weighted by Crippen LogP contribution is 2.40. The average Bonchev–Trinajstić information content (AvgIpc) is 2.80. The van der Waals surface area contributed by atoms with Crippen LogP contribution < -0.4 is 10.6 Å². The molecule has 102 valence electrons. The van der Waals surface area contributed by atoms with Crippen molar-refractivity contribution < 1.29 is 4.79 Å². The third kappa shape index (κ3) is 1.75. The van der Waals surface area contributed by atoms with Gasteiger partial charge in [-0.3, -0.25) is 4.79 Å². The predicted octanol–water partition coefficient (Wildman–Crippen LogP) is 1.37. The number of hydrogen-bond donors (Lipinski definition) is 2. The van der Waals surface area contributed by atoms with E-state index < -0.39 is 0 Å². The van der Waals surface area contributed by atoms with Crippen molar-refractivity contribution in [1.82, 2.24) is 20.2 Å². The highest BCUT2D eigenvalue weighted by molar-refractivity contribution is 6.13. The van der Waals surface area contributed by atoms with Gasteiger partial charge in [0.15, 0.2) is 0 Å². The van der Waals surface area contributed by atoms with Crippen LogP contribution in [0, 0.1) is 13.8 Å². The molecule has 1 aliphatic heterocycles.